The third-order valence-corrected chi connectivity index (χ3v) is 10.5. The van der Waals surface area contributed by atoms with Crippen LogP contribution in [-0.4, -0.2) is 0 Å². The smallest absolute Gasteiger partial charge is 0.108 e. The summed E-state index contributed by atoms with van der Waals surface area (Å²) in [6.45, 7) is 4.69. The van der Waals surface area contributed by atoms with Gasteiger partial charge in [-0.15, -0.1) is 0 Å². The lowest BCUT2D eigenvalue weighted by Crippen LogP contribution is -2.25. The summed E-state index contributed by atoms with van der Waals surface area (Å²) in [5.74, 6) is 7.41. The zero-order valence-electron chi connectivity index (χ0n) is 27.7. The molecule has 0 aromatic heterocycles. The number of nitrogens with zero attached hydrogens (tertiary/aromatic N) is 1. The van der Waals surface area contributed by atoms with Crippen LogP contribution in [0.25, 0.3) is 22.3 Å². The summed E-state index contributed by atoms with van der Waals surface area (Å²) < 4.78 is 0. The minimum atomic E-state index is -0.609. The van der Waals surface area contributed by atoms with Crippen molar-refractivity contribution in [3.8, 4) is 34.1 Å². The van der Waals surface area contributed by atoms with E-state index in [-0.39, 0.29) is 5.41 Å². The minimum absolute atomic E-state index is 0.0894. The molecule has 0 amide bonds. The van der Waals surface area contributed by atoms with Crippen LogP contribution in [0.15, 0.2) is 176 Å². The van der Waals surface area contributed by atoms with Crippen molar-refractivity contribution < 1.29 is 0 Å². The van der Waals surface area contributed by atoms with E-state index in [4.69, 9.17) is 0 Å². The highest BCUT2D eigenvalue weighted by atomic mass is 15.1. The first-order valence-electron chi connectivity index (χ1n) is 17.0. The molecule has 2 aliphatic rings. The number of benzene rings is 7. The molecular weight excluding hydrogens is 591 g/mol. The number of anilines is 3. The Morgan fingerprint density at radius 1 is 0.408 bits per heavy atom. The Kier molecular flexibility index (Phi) is 6.68. The highest BCUT2D eigenvalue weighted by Crippen LogP contribution is 2.55. The summed E-state index contributed by atoms with van der Waals surface area (Å²) in [5, 5.41) is 0. The second kappa shape index (κ2) is 11.3. The Morgan fingerprint density at radius 3 is 1.67 bits per heavy atom. The normalized spacial score (nSPS) is 16.0. The van der Waals surface area contributed by atoms with E-state index in [1.54, 1.807) is 0 Å². The lowest BCUT2D eigenvalue weighted by atomic mass is 9.73. The average molecular weight is 626 g/mol. The molecule has 1 unspecified atom stereocenters. The third kappa shape index (κ3) is 4.49. The summed E-state index contributed by atoms with van der Waals surface area (Å²) in [6, 6.07) is 63.5. The highest BCUT2D eigenvalue weighted by molar-refractivity contribution is 5.91. The second-order valence-corrected chi connectivity index (χ2v) is 13.6. The van der Waals surface area contributed by atoms with Crippen LogP contribution in [0.5, 0.6) is 0 Å². The Balaban J connectivity index is 1.26. The summed E-state index contributed by atoms with van der Waals surface area (Å²) in [7, 11) is 0. The van der Waals surface area contributed by atoms with Gasteiger partial charge in [0.15, 0.2) is 0 Å². The van der Waals surface area contributed by atoms with Gasteiger partial charge >= 0.3 is 0 Å². The first-order chi connectivity index (χ1) is 24.1. The number of hydrogen-bond donors (Lipinski definition) is 0. The molecule has 0 bridgehead atoms. The predicted octanol–water partition coefficient (Wildman–Crippen LogP) is 11.8. The van der Waals surface area contributed by atoms with Crippen molar-refractivity contribution in [2.24, 2.45) is 0 Å². The SMILES string of the molecule is CC1(C)c2ccccc2-c2ccc(N(c3ccccc3)c3ccc4c(c3)-c3ccccc3C4(C#Cc3ccccc3)c3ccccc3)cc21. The van der Waals surface area contributed by atoms with Crippen LogP contribution in [0.2, 0.25) is 0 Å². The molecule has 0 radical (unpaired) electrons. The fourth-order valence-electron chi connectivity index (χ4n) is 8.16. The molecule has 1 nitrogen and oxygen atoms in total. The second-order valence-electron chi connectivity index (χ2n) is 13.6. The van der Waals surface area contributed by atoms with Gasteiger partial charge in [0.2, 0.25) is 0 Å². The molecular formula is C48H35N. The molecule has 2 aliphatic carbocycles. The maximum Gasteiger partial charge on any atom is 0.108 e. The molecule has 0 saturated carbocycles. The first kappa shape index (κ1) is 29.1. The van der Waals surface area contributed by atoms with E-state index in [1.165, 1.54) is 50.1 Å². The van der Waals surface area contributed by atoms with Gasteiger partial charge in [-0.3, -0.25) is 0 Å². The molecule has 0 N–H and O–H groups in total. The maximum absolute atomic E-state index is 3.83. The van der Waals surface area contributed by atoms with Crippen LogP contribution in [0.4, 0.5) is 17.1 Å². The van der Waals surface area contributed by atoms with E-state index in [9.17, 15) is 0 Å². The molecule has 1 heteroatoms. The molecule has 9 rings (SSSR count). The van der Waals surface area contributed by atoms with E-state index >= 15 is 0 Å². The monoisotopic (exact) mass is 625 g/mol. The van der Waals surface area contributed by atoms with Gasteiger partial charge in [-0.2, -0.15) is 0 Å². The van der Waals surface area contributed by atoms with Crippen molar-refractivity contribution in [2.75, 3.05) is 4.90 Å². The van der Waals surface area contributed by atoms with Crippen LogP contribution < -0.4 is 4.90 Å². The minimum Gasteiger partial charge on any atom is -0.310 e. The van der Waals surface area contributed by atoms with Crippen LogP contribution in [0.3, 0.4) is 0 Å². The van der Waals surface area contributed by atoms with Gasteiger partial charge in [0.05, 0.1) is 0 Å². The van der Waals surface area contributed by atoms with Crippen LogP contribution in [-0.2, 0) is 10.8 Å². The maximum atomic E-state index is 3.83. The van der Waals surface area contributed by atoms with E-state index in [0.29, 0.717) is 0 Å². The van der Waals surface area contributed by atoms with E-state index in [2.05, 4.69) is 200 Å². The van der Waals surface area contributed by atoms with Crippen molar-refractivity contribution in [3.63, 3.8) is 0 Å². The van der Waals surface area contributed by atoms with E-state index < -0.39 is 5.41 Å². The lowest BCUT2D eigenvalue weighted by Gasteiger charge is -2.30. The topological polar surface area (TPSA) is 3.24 Å². The Bertz CT molecular complexity index is 2410. The Hall–Kier alpha value is -6.10. The van der Waals surface area contributed by atoms with E-state index in [1.807, 2.05) is 6.07 Å². The molecule has 7 aromatic rings. The zero-order valence-corrected chi connectivity index (χ0v) is 27.7. The Labute approximate surface area is 289 Å². The van der Waals surface area contributed by atoms with Gasteiger partial charge in [0, 0.05) is 28.0 Å². The number of fused-ring (bicyclic) bond motifs is 6. The van der Waals surface area contributed by atoms with Gasteiger partial charge in [0.1, 0.15) is 5.41 Å². The summed E-state index contributed by atoms with van der Waals surface area (Å²) in [6.07, 6.45) is 0. The van der Waals surface area contributed by atoms with Crippen molar-refractivity contribution >= 4 is 17.1 Å². The van der Waals surface area contributed by atoms with Crippen molar-refractivity contribution in [1.29, 1.82) is 0 Å². The predicted molar refractivity (Wildman–Crippen MR) is 204 cm³/mol. The van der Waals surface area contributed by atoms with Gasteiger partial charge < -0.3 is 4.90 Å². The van der Waals surface area contributed by atoms with Crippen LogP contribution >= 0.6 is 0 Å². The van der Waals surface area contributed by atoms with Gasteiger partial charge in [-0.25, -0.2) is 0 Å². The first-order valence-corrected chi connectivity index (χ1v) is 17.0. The lowest BCUT2D eigenvalue weighted by molar-refractivity contribution is 0.660. The zero-order chi connectivity index (χ0) is 33.0. The van der Waals surface area contributed by atoms with Gasteiger partial charge in [-0.1, -0.05) is 153 Å². The summed E-state index contributed by atoms with van der Waals surface area (Å²) in [5.41, 5.74) is 15.2. The van der Waals surface area contributed by atoms with Crippen molar-refractivity contribution in [1.82, 2.24) is 0 Å². The molecule has 7 aromatic carbocycles. The molecule has 49 heavy (non-hydrogen) atoms. The van der Waals surface area contributed by atoms with Gasteiger partial charge in [0.25, 0.3) is 0 Å². The van der Waals surface area contributed by atoms with Crippen LogP contribution in [0, 0.1) is 11.8 Å². The summed E-state index contributed by atoms with van der Waals surface area (Å²) in [4.78, 5) is 2.40. The Morgan fingerprint density at radius 2 is 0.939 bits per heavy atom. The third-order valence-electron chi connectivity index (χ3n) is 10.5. The molecule has 0 heterocycles. The molecule has 0 saturated heterocycles. The molecule has 0 aliphatic heterocycles. The van der Waals surface area contributed by atoms with Crippen LogP contribution in [0.1, 0.15) is 47.2 Å². The molecule has 232 valence electrons. The van der Waals surface area contributed by atoms with E-state index in [0.717, 1.165) is 22.6 Å². The fraction of sp³-hybridized carbons (Fsp3) is 0.0833. The number of rotatable bonds is 4. The van der Waals surface area contributed by atoms with Gasteiger partial charge in [-0.05, 0) is 98.6 Å². The molecule has 0 fully saturated rings. The highest BCUT2D eigenvalue weighted by Gasteiger charge is 2.44. The fourth-order valence-corrected chi connectivity index (χ4v) is 8.16. The van der Waals surface area contributed by atoms with Crippen molar-refractivity contribution in [3.05, 3.63) is 209 Å². The molecule has 0 spiro atoms. The summed E-state index contributed by atoms with van der Waals surface area (Å²) >= 11 is 0. The standard InChI is InChI=1S/C48H35N/c1-47(2)43-24-14-12-22-39(43)41-28-26-38(33-46(41)47)49(36-20-10-5-11-21-36)37-27-29-45-42(32-37)40-23-13-15-25-44(40)48(45,35-18-8-4-9-19-35)31-30-34-16-6-3-7-17-34/h3-29,32-33H,1-2H3. The quantitative estimate of drug-likeness (QED) is 0.176. The number of para-hydroxylation sites is 1. The van der Waals surface area contributed by atoms with Crippen molar-refractivity contribution in [2.45, 2.75) is 24.7 Å². The average Bonchev–Trinajstić information content (AvgIpc) is 3.57. The number of hydrogen-bond acceptors (Lipinski definition) is 1. The largest absolute Gasteiger partial charge is 0.310 e. The molecule has 1 atom stereocenters.